The molecule has 0 amide bonds. The number of rotatable bonds is 12. The second kappa shape index (κ2) is 16.2. The van der Waals surface area contributed by atoms with Crippen LogP contribution in [0.5, 0.6) is 0 Å². The number of nitrogens with one attached hydrogen (secondary N) is 2. The van der Waals surface area contributed by atoms with Crippen molar-refractivity contribution in [3.8, 4) is 0 Å². The van der Waals surface area contributed by atoms with Crippen LogP contribution in [0.2, 0.25) is 0 Å². The minimum absolute atomic E-state index is 0.0261. The van der Waals surface area contributed by atoms with Gasteiger partial charge < -0.3 is 70.6 Å². The number of esters is 1. The Balaban J connectivity index is 1.72. The van der Waals surface area contributed by atoms with Gasteiger partial charge in [-0.15, -0.1) is 6.58 Å². The fourth-order valence-corrected chi connectivity index (χ4v) is 6.05. The van der Waals surface area contributed by atoms with Crippen molar-refractivity contribution in [2.45, 2.75) is 68.5 Å². The molecule has 48 heavy (non-hydrogen) atoms. The molecule has 0 spiro atoms. The normalized spacial score (nSPS) is 32.8. The van der Waals surface area contributed by atoms with Gasteiger partial charge in [0, 0.05) is 13.0 Å². The zero-order chi connectivity index (χ0) is 35.2. The molecule has 2 fully saturated rings. The molecule has 8 atom stereocenters. The fraction of sp³-hybridized carbons (Fsp3) is 0.581. The van der Waals surface area contributed by atoms with Crippen LogP contribution in [0.15, 0.2) is 64.7 Å². The van der Waals surface area contributed by atoms with Crippen molar-refractivity contribution in [2.24, 2.45) is 22.6 Å². The lowest BCUT2D eigenvalue weighted by atomic mass is 9.83. The van der Waals surface area contributed by atoms with Gasteiger partial charge in [-0.1, -0.05) is 18.2 Å². The summed E-state index contributed by atoms with van der Waals surface area (Å²) in [5, 5.41) is 73.4. The molecule has 0 radical (unpaired) electrons. The summed E-state index contributed by atoms with van der Waals surface area (Å²) in [6.07, 6.45) is 1.29. The predicted octanol–water partition coefficient (Wildman–Crippen LogP) is -3.53. The van der Waals surface area contributed by atoms with Crippen molar-refractivity contribution in [3.05, 3.63) is 59.7 Å². The summed E-state index contributed by atoms with van der Waals surface area (Å²) in [5.74, 6) is -6.89. The van der Waals surface area contributed by atoms with E-state index in [9.17, 15) is 45.3 Å². The SMILES string of the molecule is C=CC1C(OC2OC(CO)C(O)C(O)(O)C2O)OC=C(C(=O)OC2CCCC2)C1C=CC1=C[NH+](CCO)CC(C(=O)O)=C1NC(N)=NC. The van der Waals surface area contributed by atoms with E-state index < -0.39 is 67.1 Å². The molecule has 0 aromatic rings. The topological polar surface area (TPSA) is 268 Å². The van der Waals surface area contributed by atoms with Gasteiger partial charge in [0.15, 0.2) is 18.4 Å². The Morgan fingerprint density at radius 1 is 1.21 bits per heavy atom. The van der Waals surface area contributed by atoms with Crippen LogP contribution in [0.1, 0.15) is 25.7 Å². The van der Waals surface area contributed by atoms with E-state index in [1.54, 1.807) is 18.4 Å². The number of quaternary nitrogens is 1. The number of carbonyl (C=O) groups is 2. The second-order valence-electron chi connectivity index (χ2n) is 11.9. The minimum atomic E-state index is -3.11. The quantitative estimate of drug-likeness (QED) is 0.0314. The molecule has 1 saturated heterocycles. The Bertz CT molecular complexity index is 1350. The first-order chi connectivity index (χ1) is 22.9. The van der Waals surface area contributed by atoms with Crippen LogP contribution in [-0.2, 0) is 28.5 Å². The van der Waals surface area contributed by atoms with E-state index in [2.05, 4.69) is 16.9 Å². The van der Waals surface area contributed by atoms with Gasteiger partial charge in [-0.3, -0.25) is 4.99 Å². The number of carboxylic acid groups (broad SMARTS) is 1. The average molecular weight is 682 g/mol. The standard InChI is InChI=1S/C31H44N4O13/c1-3-18-19(9-8-16-12-35(10-11-36)13-20(26(40)41)23(16)34-30(32)33-2)21(27(42)46-17-6-4-5-7-17)15-45-28(18)48-29-25(39)31(43,44)24(38)22(14-37)47-29/h3,8-9,12,15,17-19,22,24-25,28-29,36-39,43-44H,1,4-7,10-11,13-14H2,2H3,(H,40,41)(H3,32,33,34)/p+1. The van der Waals surface area contributed by atoms with Crippen molar-refractivity contribution >= 4 is 17.9 Å². The summed E-state index contributed by atoms with van der Waals surface area (Å²) in [5.41, 5.74) is 6.44. The summed E-state index contributed by atoms with van der Waals surface area (Å²) in [6, 6.07) is 0. The number of ether oxygens (including phenoxy) is 4. The number of carboxylic acids is 1. The molecule has 1 aliphatic carbocycles. The number of allylic oxidation sites excluding steroid dienone is 2. The number of aliphatic hydroxyl groups excluding tert-OH is 4. The molecular weight excluding hydrogens is 636 g/mol. The molecule has 0 aromatic carbocycles. The van der Waals surface area contributed by atoms with E-state index in [0.717, 1.165) is 19.1 Å². The lowest BCUT2D eigenvalue weighted by molar-refractivity contribution is -0.843. The number of hydrogen-bond donors (Lipinski definition) is 10. The highest BCUT2D eigenvalue weighted by atomic mass is 16.8. The van der Waals surface area contributed by atoms with Crippen molar-refractivity contribution in [1.82, 2.24) is 5.32 Å². The lowest BCUT2D eigenvalue weighted by Crippen LogP contribution is -3.09. The van der Waals surface area contributed by atoms with E-state index in [0.29, 0.717) is 23.3 Å². The zero-order valence-corrected chi connectivity index (χ0v) is 26.5. The molecule has 17 heteroatoms. The third kappa shape index (κ3) is 8.13. The van der Waals surface area contributed by atoms with E-state index in [4.69, 9.17) is 24.7 Å². The maximum atomic E-state index is 13.5. The maximum absolute atomic E-state index is 13.5. The average Bonchev–Trinajstić information content (AvgIpc) is 3.57. The minimum Gasteiger partial charge on any atom is -0.478 e. The number of nitrogens with zero attached hydrogens (tertiary/aromatic N) is 1. The Kier molecular flexibility index (Phi) is 12.5. The summed E-state index contributed by atoms with van der Waals surface area (Å²) >= 11 is 0. The van der Waals surface area contributed by atoms with Gasteiger partial charge in [0.25, 0.3) is 0 Å². The number of aliphatic imine (C=N–C) groups is 1. The Morgan fingerprint density at radius 2 is 1.92 bits per heavy atom. The highest BCUT2D eigenvalue weighted by molar-refractivity contribution is 5.92. The van der Waals surface area contributed by atoms with Crippen LogP contribution in [-0.4, -0.2) is 130 Å². The van der Waals surface area contributed by atoms with Crippen LogP contribution >= 0.6 is 0 Å². The molecule has 3 aliphatic heterocycles. The van der Waals surface area contributed by atoms with Crippen LogP contribution in [0, 0.1) is 11.8 Å². The van der Waals surface area contributed by atoms with Gasteiger partial charge in [0.05, 0.1) is 42.2 Å². The monoisotopic (exact) mass is 681 g/mol. The number of aliphatic hydroxyl groups is 6. The Hall–Kier alpha value is -3.65. The third-order valence-electron chi connectivity index (χ3n) is 8.76. The molecule has 3 heterocycles. The van der Waals surface area contributed by atoms with Crippen LogP contribution < -0.4 is 16.0 Å². The third-order valence-corrected chi connectivity index (χ3v) is 8.76. The summed E-state index contributed by atoms with van der Waals surface area (Å²) in [6.45, 7) is 3.03. The number of aliphatic carboxylic acids is 1. The number of carbonyl (C=O) groups excluding carboxylic acids is 1. The highest BCUT2D eigenvalue weighted by Gasteiger charge is 2.56. The summed E-state index contributed by atoms with van der Waals surface area (Å²) in [4.78, 5) is 30.3. The molecular formula is C31H45N4O13+. The van der Waals surface area contributed by atoms with Gasteiger partial charge in [0.2, 0.25) is 12.1 Å². The van der Waals surface area contributed by atoms with E-state index in [-0.39, 0.29) is 48.6 Å². The molecule has 17 nitrogen and oxygen atoms in total. The molecule has 0 bridgehead atoms. The largest absolute Gasteiger partial charge is 0.478 e. The highest BCUT2D eigenvalue weighted by Crippen LogP contribution is 2.38. The molecule has 11 N–H and O–H groups in total. The first-order valence-corrected chi connectivity index (χ1v) is 15.6. The predicted molar refractivity (Wildman–Crippen MR) is 165 cm³/mol. The van der Waals surface area contributed by atoms with E-state index in [1.165, 1.54) is 13.1 Å². The number of hydrogen-bond acceptors (Lipinski definition) is 13. The Labute approximate surface area is 276 Å². The van der Waals surface area contributed by atoms with Crippen molar-refractivity contribution < 1.29 is 69.2 Å². The van der Waals surface area contributed by atoms with Crippen molar-refractivity contribution in [3.63, 3.8) is 0 Å². The maximum Gasteiger partial charge on any atom is 0.339 e. The first-order valence-electron chi connectivity index (χ1n) is 15.6. The van der Waals surface area contributed by atoms with Crippen LogP contribution in [0.4, 0.5) is 0 Å². The van der Waals surface area contributed by atoms with Crippen LogP contribution in [0.3, 0.4) is 0 Å². The molecule has 8 unspecified atom stereocenters. The summed E-state index contributed by atoms with van der Waals surface area (Å²) in [7, 11) is 1.42. The van der Waals surface area contributed by atoms with Crippen molar-refractivity contribution in [1.29, 1.82) is 0 Å². The number of nitrogens with two attached hydrogens (primary N) is 1. The first kappa shape index (κ1) is 37.2. The smallest absolute Gasteiger partial charge is 0.339 e. The molecule has 4 rings (SSSR count). The molecule has 266 valence electrons. The van der Waals surface area contributed by atoms with Gasteiger partial charge >= 0.3 is 11.9 Å². The number of guanidine groups is 1. The zero-order valence-electron chi connectivity index (χ0n) is 26.5. The molecule has 1 saturated carbocycles. The van der Waals surface area contributed by atoms with Gasteiger partial charge in [-0.25, -0.2) is 9.59 Å². The second-order valence-corrected chi connectivity index (χ2v) is 11.9. The van der Waals surface area contributed by atoms with Gasteiger partial charge in [0.1, 0.15) is 43.2 Å². The van der Waals surface area contributed by atoms with Crippen molar-refractivity contribution in [2.75, 3.05) is 33.4 Å². The van der Waals surface area contributed by atoms with Gasteiger partial charge in [-0.2, -0.15) is 0 Å². The van der Waals surface area contributed by atoms with Gasteiger partial charge in [-0.05, 0) is 25.7 Å². The summed E-state index contributed by atoms with van der Waals surface area (Å²) < 4.78 is 22.7. The van der Waals surface area contributed by atoms with Crippen LogP contribution in [0.25, 0.3) is 0 Å². The molecule has 4 aliphatic rings. The fourth-order valence-electron chi connectivity index (χ4n) is 6.05. The Morgan fingerprint density at radius 3 is 2.52 bits per heavy atom. The molecule has 0 aromatic heterocycles. The van der Waals surface area contributed by atoms with E-state index >= 15 is 0 Å². The van der Waals surface area contributed by atoms with E-state index in [1.807, 2.05) is 0 Å². The lowest BCUT2D eigenvalue weighted by Gasteiger charge is -2.46.